The molecule has 0 aliphatic carbocycles. The minimum absolute atomic E-state index is 0.459. The van der Waals surface area contributed by atoms with Crippen molar-refractivity contribution in [2.24, 2.45) is 0 Å². The van der Waals surface area contributed by atoms with E-state index in [-0.39, 0.29) is 0 Å². The Kier molecular flexibility index (Phi) is 6.74. The summed E-state index contributed by atoms with van der Waals surface area (Å²) >= 11 is 0. The standard InChI is InChI=1S/C16H23N3O2/c20-14-17-7-2-5-11-21-16-12-15(6-8-18-16)13-19-9-3-1-4-10-19/h2,5-6,8,12,14H,1,3-4,7,9-11,13H2,(H,17,20)/b5-2-. The molecule has 1 aliphatic heterocycles. The summed E-state index contributed by atoms with van der Waals surface area (Å²) in [4.78, 5) is 16.8. The number of hydrogen-bond acceptors (Lipinski definition) is 4. The highest BCUT2D eigenvalue weighted by Crippen LogP contribution is 2.15. The van der Waals surface area contributed by atoms with Crippen molar-refractivity contribution in [2.45, 2.75) is 25.8 Å². The lowest BCUT2D eigenvalue weighted by Gasteiger charge is -2.26. The molecule has 114 valence electrons. The number of rotatable bonds is 8. The summed E-state index contributed by atoms with van der Waals surface area (Å²) < 4.78 is 5.58. The third-order valence-electron chi connectivity index (χ3n) is 3.47. The van der Waals surface area contributed by atoms with Crippen molar-refractivity contribution in [3.63, 3.8) is 0 Å². The number of piperidine rings is 1. The number of amides is 1. The number of likely N-dealkylation sites (tertiary alicyclic amines) is 1. The number of pyridine rings is 1. The summed E-state index contributed by atoms with van der Waals surface area (Å²) in [6.07, 6.45) is 10.2. The summed E-state index contributed by atoms with van der Waals surface area (Å²) in [7, 11) is 0. The van der Waals surface area contributed by atoms with Gasteiger partial charge in [0.25, 0.3) is 0 Å². The Morgan fingerprint density at radius 2 is 2.14 bits per heavy atom. The fourth-order valence-corrected chi connectivity index (χ4v) is 2.40. The first-order chi connectivity index (χ1) is 10.4. The maximum Gasteiger partial charge on any atom is 0.213 e. The van der Waals surface area contributed by atoms with Gasteiger partial charge in [-0.15, -0.1) is 0 Å². The van der Waals surface area contributed by atoms with Crippen LogP contribution in [0.25, 0.3) is 0 Å². The Morgan fingerprint density at radius 1 is 1.29 bits per heavy atom. The van der Waals surface area contributed by atoms with Crippen LogP contribution in [-0.4, -0.2) is 42.5 Å². The van der Waals surface area contributed by atoms with Gasteiger partial charge in [-0.2, -0.15) is 0 Å². The molecular formula is C16H23N3O2. The zero-order chi connectivity index (χ0) is 14.8. The summed E-state index contributed by atoms with van der Waals surface area (Å²) in [6.45, 7) is 4.32. The van der Waals surface area contributed by atoms with Crippen LogP contribution < -0.4 is 10.1 Å². The van der Waals surface area contributed by atoms with Crippen LogP contribution in [0, 0.1) is 0 Å². The molecule has 1 N–H and O–H groups in total. The second-order valence-electron chi connectivity index (χ2n) is 5.15. The third-order valence-corrected chi connectivity index (χ3v) is 3.47. The molecular weight excluding hydrogens is 266 g/mol. The number of hydrogen-bond donors (Lipinski definition) is 1. The van der Waals surface area contributed by atoms with Gasteiger partial charge in [0.1, 0.15) is 6.61 Å². The monoisotopic (exact) mass is 289 g/mol. The van der Waals surface area contributed by atoms with Crippen molar-refractivity contribution in [1.29, 1.82) is 0 Å². The van der Waals surface area contributed by atoms with E-state index in [4.69, 9.17) is 4.74 Å². The second-order valence-corrected chi connectivity index (χ2v) is 5.15. The molecule has 0 radical (unpaired) electrons. The maximum atomic E-state index is 10.1. The van der Waals surface area contributed by atoms with Gasteiger partial charge in [0.2, 0.25) is 12.3 Å². The smallest absolute Gasteiger partial charge is 0.213 e. The van der Waals surface area contributed by atoms with E-state index in [0.29, 0.717) is 25.4 Å². The Balaban J connectivity index is 1.77. The molecule has 1 saturated heterocycles. The van der Waals surface area contributed by atoms with E-state index in [1.165, 1.54) is 37.9 Å². The SMILES string of the molecule is O=CNC/C=C\COc1cc(CN2CCCCC2)ccn1. The molecule has 0 saturated carbocycles. The fourth-order valence-electron chi connectivity index (χ4n) is 2.40. The quantitative estimate of drug-likeness (QED) is 0.450. The Bertz CT molecular complexity index is 457. The lowest BCUT2D eigenvalue weighted by Crippen LogP contribution is -2.29. The molecule has 0 spiro atoms. The average Bonchev–Trinajstić information content (AvgIpc) is 2.52. The Hall–Kier alpha value is -1.88. The minimum Gasteiger partial charge on any atom is -0.473 e. The zero-order valence-electron chi connectivity index (χ0n) is 12.3. The van der Waals surface area contributed by atoms with Gasteiger partial charge < -0.3 is 10.1 Å². The summed E-state index contributed by atoms with van der Waals surface area (Å²) in [5.41, 5.74) is 1.24. The lowest BCUT2D eigenvalue weighted by atomic mass is 10.1. The molecule has 5 nitrogen and oxygen atoms in total. The van der Waals surface area contributed by atoms with Crippen LogP contribution in [0.1, 0.15) is 24.8 Å². The van der Waals surface area contributed by atoms with E-state index in [0.717, 1.165) is 6.54 Å². The van der Waals surface area contributed by atoms with Crippen LogP contribution in [0.3, 0.4) is 0 Å². The molecule has 0 bridgehead atoms. The molecule has 5 heteroatoms. The van der Waals surface area contributed by atoms with Gasteiger partial charge in [0.15, 0.2) is 0 Å². The number of carbonyl (C=O) groups is 1. The van der Waals surface area contributed by atoms with Gasteiger partial charge in [-0.1, -0.05) is 12.5 Å². The summed E-state index contributed by atoms with van der Waals surface area (Å²) in [5.74, 6) is 0.650. The molecule has 0 atom stereocenters. The van der Waals surface area contributed by atoms with Gasteiger partial charge in [0.05, 0.1) is 0 Å². The minimum atomic E-state index is 0.459. The highest BCUT2D eigenvalue weighted by atomic mass is 16.5. The molecule has 0 unspecified atom stereocenters. The van der Waals surface area contributed by atoms with Gasteiger partial charge in [0, 0.05) is 25.4 Å². The number of nitrogens with zero attached hydrogens (tertiary/aromatic N) is 2. The van der Waals surface area contributed by atoms with Crippen LogP contribution >= 0.6 is 0 Å². The number of aromatic nitrogens is 1. The van der Waals surface area contributed by atoms with Crippen molar-refractivity contribution in [1.82, 2.24) is 15.2 Å². The van der Waals surface area contributed by atoms with E-state index in [9.17, 15) is 4.79 Å². The third kappa shape index (κ3) is 5.95. The predicted molar refractivity (Wildman–Crippen MR) is 82.1 cm³/mol. The van der Waals surface area contributed by atoms with Crippen LogP contribution in [0.15, 0.2) is 30.5 Å². The van der Waals surface area contributed by atoms with Gasteiger partial charge >= 0.3 is 0 Å². The average molecular weight is 289 g/mol. The maximum absolute atomic E-state index is 10.1. The van der Waals surface area contributed by atoms with E-state index in [1.807, 2.05) is 24.3 Å². The molecule has 1 fully saturated rings. The van der Waals surface area contributed by atoms with Gasteiger partial charge in [-0.25, -0.2) is 4.98 Å². The van der Waals surface area contributed by atoms with E-state index in [1.54, 1.807) is 6.20 Å². The number of ether oxygens (including phenoxy) is 1. The van der Waals surface area contributed by atoms with E-state index >= 15 is 0 Å². The first kappa shape index (κ1) is 15.5. The normalized spacial score (nSPS) is 16.0. The zero-order valence-corrected chi connectivity index (χ0v) is 12.3. The summed E-state index contributed by atoms with van der Waals surface area (Å²) in [6, 6.07) is 4.05. The van der Waals surface area contributed by atoms with E-state index < -0.39 is 0 Å². The van der Waals surface area contributed by atoms with Crippen LogP contribution in [0.2, 0.25) is 0 Å². The van der Waals surface area contributed by atoms with Crippen LogP contribution in [0.5, 0.6) is 5.88 Å². The topological polar surface area (TPSA) is 54.5 Å². The molecule has 2 rings (SSSR count). The number of carbonyl (C=O) groups excluding carboxylic acids is 1. The first-order valence-electron chi connectivity index (χ1n) is 7.50. The molecule has 0 aromatic carbocycles. The van der Waals surface area contributed by atoms with Crippen molar-refractivity contribution in [2.75, 3.05) is 26.2 Å². The fraction of sp³-hybridized carbons (Fsp3) is 0.500. The Labute approximate surface area is 126 Å². The van der Waals surface area contributed by atoms with Gasteiger partial charge in [-0.05, 0) is 43.6 Å². The van der Waals surface area contributed by atoms with Crippen molar-refractivity contribution < 1.29 is 9.53 Å². The molecule has 2 heterocycles. The largest absolute Gasteiger partial charge is 0.473 e. The summed E-state index contributed by atoms with van der Waals surface area (Å²) in [5, 5.41) is 2.56. The van der Waals surface area contributed by atoms with Crippen molar-refractivity contribution in [3.8, 4) is 5.88 Å². The highest BCUT2D eigenvalue weighted by molar-refractivity contribution is 5.46. The van der Waals surface area contributed by atoms with Gasteiger partial charge in [-0.3, -0.25) is 9.69 Å². The van der Waals surface area contributed by atoms with Crippen LogP contribution in [-0.2, 0) is 11.3 Å². The molecule has 1 amide bonds. The van der Waals surface area contributed by atoms with Crippen LogP contribution in [0.4, 0.5) is 0 Å². The van der Waals surface area contributed by atoms with Crippen molar-refractivity contribution >= 4 is 6.41 Å². The molecule has 1 aliphatic rings. The number of nitrogens with one attached hydrogen (secondary N) is 1. The van der Waals surface area contributed by atoms with E-state index in [2.05, 4.69) is 15.2 Å². The highest BCUT2D eigenvalue weighted by Gasteiger charge is 2.10. The Morgan fingerprint density at radius 3 is 2.95 bits per heavy atom. The predicted octanol–water partition coefficient (Wildman–Crippen LogP) is 1.75. The molecule has 21 heavy (non-hydrogen) atoms. The second kappa shape index (κ2) is 9.13. The first-order valence-corrected chi connectivity index (χ1v) is 7.50. The van der Waals surface area contributed by atoms with Crippen molar-refractivity contribution in [3.05, 3.63) is 36.0 Å². The molecule has 1 aromatic heterocycles. The molecule has 1 aromatic rings. The lowest BCUT2D eigenvalue weighted by molar-refractivity contribution is -0.109.